The van der Waals surface area contributed by atoms with Crippen molar-refractivity contribution in [2.45, 2.75) is 52.4 Å². The first-order valence-corrected chi connectivity index (χ1v) is 7.88. The maximum atomic E-state index is 3.58. The minimum absolute atomic E-state index is 0.561. The Morgan fingerprint density at radius 1 is 1.18 bits per heavy atom. The Kier molecular flexibility index (Phi) is 4.63. The molecule has 0 amide bonds. The van der Waals surface area contributed by atoms with Gasteiger partial charge < -0.3 is 5.32 Å². The van der Waals surface area contributed by atoms with Gasteiger partial charge in [-0.1, -0.05) is 26.7 Å². The van der Waals surface area contributed by atoms with Crippen LogP contribution in [0.4, 0.5) is 0 Å². The van der Waals surface area contributed by atoms with Crippen molar-refractivity contribution >= 4 is 11.3 Å². The number of hydrogen-bond acceptors (Lipinski definition) is 2. The summed E-state index contributed by atoms with van der Waals surface area (Å²) in [5.74, 6) is 0. The van der Waals surface area contributed by atoms with Gasteiger partial charge >= 0.3 is 0 Å². The second-order valence-corrected chi connectivity index (χ2v) is 6.64. The lowest BCUT2D eigenvalue weighted by molar-refractivity contribution is 0.282. The lowest BCUT2D eigenvalue weighted by Crippen LogP contribution is -2.33. The summed E-state index contributed by atoms with van der Waals surface area (Å²) in [4.78, 5) is 3.14. The van der Waals surface area contributed by atoms with Crippen molar-refractivity contribution in [2.24, 2.45) is 5.41 Å². The first-order chi connectivity index (χ1) is 8.28. The monoisotopic (exact) mass is 251 g/mol. The molecule has 1 aromatic heterocycles. The Morgan fingerprint density at radius 2 is 1.88 bits per heavy atom. The molecular formula is C15H25NS. The topological polar surface area (TPSA) is 12.0 Å². The summed E-state index contributed by atoms with van der Waals surface area (Å²) in [6.07, 6.45) is 8.17. The van der Waals surface area contributed by atoms with E-state index >= 15 is 0 Å². The van der Waals surface area contributed by atoms with Gasteiger partial charge in [0.15, 0.2) is 0 Å². The Balaban J connectivity index is 2.01. The van der Waals surface area contributed by atoms with Crippen molar-refractivity contribution in [1.29, 1.82) is 0 Å². The molecule has 1 heterocycles. The van der Waals surface area contributed by atoms with Crippen LogP contribution in [-0.4, -0.2) is 13.1 Å². The van der Waals surface area contributed by atoms with Gasteiger partial charge in [0.1, 0.15) is 0 Å². The fourth-order valence-corrected chi connectivity index (χ4v) is 4.14. The Bertz CT molecular complexity index is 336. The average Bonchev–Trinajstić information content (AvgIpc) is 2.97. The molecule has 1 N–H and O–H groups in total. The molecule has 0 atom stereocenters. The van der Waals surface area contributed by atoms with Crippen molar-refractivity contribution in [3.63, 3.8) is 0 Å². The van der Waals surface area contributed by atoms with Crippen LogP contribution < -0.4 is 5.32 Å². The summed E-state index contributed by atoms with van der Waals surface area (Å²) >= 11 is 2.02. The van der Waals surface area contributed by atoms with Crippen molar-refractivity contribution < 1.29 is 0 Å². The van der Waals surface area contributed by atoms with Gasteiger partial charge in [0, 0.05) is 16.3 Å². The van der Waals surface area contributed by atoms with E-state index in [1.54, 1.807) is 4.88 Å². The zero-order valence-electron chi connectivity index (χ0n) is 11.2. The van der Waals surface area contributed by atoms with Gasteiger partial charge in [0.2, 0.25) is 0 Å². The molecule has 1 aliphatic rings. The van der Waals surface area contributed by atoms with Gasteiger partial charge in [0.05, 0.1) is 0 Å². The summed E-state index contributed by atoms with van der Waals surface area (Å²) in [6.45, 7) is 6.78. The fourth-order valence-electron chi connectivity index (χ4n) is 3.01. The van der Waals surface area contributed by atoms with Gasteiger partial charge in [-0.15, -0.1) is 11.3 Å². The van der Waals surface area contributed by atoms with Crippen LogP contribution >= 0.6 is 11.3 Å². The Hall–Kier alpha value is -0.340. The molecule has 1 fully saturated rings. The predicted octanol–water partition coefficient (Wildman–Crippen LogP) is 4.02. The van der Waals surface area contributed by atoms with Gasteiger partial charge in [-0.2, -0.15) is 0 Å². The average molecular weight is 251 g/mol. The second-order valence-electron chi connectivity index (χ2n) is 5.39. The molecule has 1 nitrogen and oxygen atoms in total. The van der Waals surface area contributed by atoms with Gasteiger partial charge in [0.25, 0.3) is 0 Å². The molecule has 17 heavy (non-hydrogen) atoms. The van der Waals surface area contributed by atoms with Crippen LogP contribution in [0.3, 0.4) is 0 Å². The van der Waals surface area contributed by atoms with Gasteiger partial charge in [-0.25, -0.2) is 0 Å². The van der Waals surface area contributed by atoms with Crippen molar-refractivity contribution in [3.05, 3.63) is 21.9 Å². The van der Waals surface area contributed by atoms with Crippen LogP contribution in [0.25, 0.3) is 0 Å². The largest absolute Gasteiger partial charge is 0.316 e. The lowest BCUT2D eigenvalue weighted by Gasteiger charge is -2.28. The quantitative estimate of drug-likeness (QED) is 0.805. The van der Waals surface area contributed by atoms with E-state index in [1.165, 1.54) is 49.9 Å². The molecule has 2 heteroatoms. The molecule has 0 saturated heterocycles. The molecule has 96 valence electrons. The molecule has 1 aliphatic carbocycles. The Labute approximate surface area is 110 Å². The molecule has 1 aromatic rings. The van der Waals surface area contributed by atoms with E-state index in [2.05, 4.69) is 31.3 Å². The van der Waals surface area contributed by atoms with Crippen LogP contribution in [0.5, 0.6) is 0 Å². The highest BCUT2D eigenvalue weighted by molar-refractivity contribution is 7.11. The summed E-state index contributed by atoms with van der Waals surface area (Å²) in [5, 5.41) is 3.58. The lowest BCUT2D eigenvalue weighted by atomic mass is 9.82. The number of hydrogen-bond donors (Lipinski definition) is 1. The first-order valence-electron chi connectivity index (χ1n) is 7.06. The highest BCUT2D eigenvalue weighted by atomic mass is 32.1. The van der Waals surface area contributed by atoms with Crippen LogP contribution in [0.15, 0.2) is 12.1 Å². The van der Waals surface area contributed by atoms with E-state index in [4.69, 9.17) is 0 Å². The third-order valence-corrected chi connectivity index (χ3v) is 5.26. The van der Waals surface area contributed by atoms with Crippen molar-refractivity contribution in [1.82, 2.24) is 5.32 Å². The third-order valence-electron chi connectivity index (χ3n) is 4.03. The van der Waals surface area contributed by atoms with Crippen LogP contribution in [-0.2, 0) is 12.8 Å². The van der Waals surface area contributed by atoms with Gasteiger partial charge in [-0.05, 0) is 49.8 Å². The molecule has 2 rings (SSSR count). The number of thiophene rings is 1. The Morgan fingerprint density at radius 3 is 2.47 bits per heavy atom. The van der Waals surface area contributed by atoms with Crippen molar-refractivity contribution in [2.75, 3.05) is 13.1 Å². The van der Waals surface area contributed by atoms with Crippen LogP contribution in [0.2, 0.25) is 0 Å². The molecule has 0 aromatic carbocycles. The molecule has 1 saturated carbocycles. The SMILES string of the molecule is CCNCC1(Cc2ccc(CC)s2)CCCC1. The molecule has 0 unspecified atom stereocenters. The van der Waals surface area contributed by atoms with E-state index in [1.807, 2.05) is 11.3 Å². The predicted molar refractivity (Wildman–Crippen MR) is 76.8 cm³/mol. The molecular weight excluding hydrogens is 226 g/mol. The molecule has 0 radical (unpaired) electrons. The fraction of sp³-hybridized carbons (Fsp3) is 0.733. The molecule has 0 aliphatic heterocycles. The minimum Gasteiger partial charge on any atom is -0.316 e. The van der Waals surface area contributed by atoms with Crippen molar-refractivity contribution in [3.8, 4) is 0 Å². The van der Waals surface area contributed by atoms with Crippen LogP contribution in [0.1, 0.15) is 49.3 Å². The smallest absolute Gasteiger partial charge is 0.00541 e. The zero-order chi connectivity index (χ0) is 12.1. The van der Waals surface area contributed by atoms with E-state index in [9.17, 15) is 0 Å². The highest BCUT2D eigenvalue weighted by Crippen LogP contribution is 2.41. The number of nitrogens with one attached hydrogen (secondary N) is 1. The van der Waals surface area contributed by atoms with Crippen LogP contribution in [0, 0.1) is 5.41 Å². The van der Waals surface area contributed by atoms with E-state index in [0.717, 1.165) is 6.54 Å². The maximum Gasteiger partial charge on any atom is 0.00541 e. The first kappa shape index (κ1) is 13.1. The standard InChI is InChI=1S/C15H25NS/c1-3-13-7-8-14(17-13)11-15(12-16-4-2)9-5-6-10-15/h7-8,16H,3-6,9-12H2,1-2H3. The normalized spacial score (nSPS) is 18.7. The molecule has 0 bridgehead atoms. The number of aryl methyl sites for hydroxylation is 1. The van der Waals surface area contributed by atoms with E-state index < -0.39 is 0 Å². The summed E-state index contributed by atoms with van der Waals surface area (Å²) in [7, 11) is 0. The second kappa shape index (κ2) is 6.01. The highest BCUT2D eigenvalue weighted by Gasteiger charge is 2.33. The third kappa shape index (κ3) is 3.32. The zero-order valence-corrected chi connectivity index (χ0v) is 12.0. The van der Waals surface area contributed by atoms with E-state index in [0.29, 0.717) is 5.41 Å². The summed E-state index contributed by atoms with van der Waals surface area (Å²) in [5.41, 5.74) is 0.561. The maximum absolute atomic E-state index is 3.58. The minimum atomic E-state index is 0.561. The summed E-state index contributed by atoms with van der Waals surface area (Å²) < 4.78 is 0. The summed E-state index contributed by atoms with van der Waals surface area (Å²) in [6, 6.07) is 4.67. The number of rotatable bonds is 6. The molecule has 0 spiro atoms. The van der Waals surface area contributed by atoms with E-state index in [-0.39, 0.29) is 0 Å². The van der Waals surface area contributed by atoms with Gasteiger partial charge in [-0.3, -0.25) is 0 Å².